The Morgan fingerprint density at radius 1 is 1.14 bits per heavy atom. The molecule has 1 aliphatic rings. The number of benzene rings is 1. The van der Waals surface area contributed by atoms with Gasteiger partial charge in [0.15, 0.2) is 0 Å². The molecule has 1 aromatic carbocycles. The molecular weight excluding hydrogens is 356 g/mol. The van der Waals surface area contributed by atoms with Crippen molar-refractivity contribution in [2.75, 3.05) is 31.6 Å². The van der Waals surface area contributed by atoms with Crippen LogP contribution in [0.3, 0.4) is 0 Å². The van der Waals surface area contributed by atoms with Crippen molar-refractivity contribution in [1.29, 1.82) is 0 Å². The summed E-state index contributed by atoms with van der Waals surface area (Å²) in [5.74, 6) is -0.106. The summed E-state index contributed by atoms with van der Waals surface area (Å²) in [6, 6.07) is 11.4. The van der Waals surface area contributed by atoms with Crippen LogP contribution in [0.2, 0.25) is 0 Å². The van der Waals surface area contributed by atoms with Crippen LogP contribution in [0.15, 0.2) is 48.8 Å². The van der Waals surface area contributed by atoms with Crippen molar-refractivity contribution < 1.29 is 14.3 Å². The molecule has 28 heavy (non-hydrogen) atoms. The largest absolute Gasteiger partial charge is 0.497 e. The maximum atomic E-state index is 12.0. The number of aromatic nitrogens is 1. The van der Waals surface area contributed by atoms with Gasteiger partial charge in [0.1, 0.15) is 5.75 Å². The number of nitrogens with zero attached hydrogens (tertiary/aromatic N) is 2. The predicted molar refractivity (Wildman–Crippen MR) is 107 cm³/mol. The fourth-order valence-corrected chi connectivity index (χ4v) is 3.30. The lowest BCUT2D eigenvalue weighted by molar-refractivity contribution is -0.139. The molecule has 2 heterocycles. The average molecular weight is 382 g/mol. The third-order valence-electron chi connectivity index (χ3n) is 4.97. The van der Waals surface area contributed by atoms with Crippen molar-refractivity contribution in [3.63, 3.8) is 0 Å². The standard InChI is InChI=1S/C21H26N4O3/c1-28-19-6-2-4-17(12-19)14-24-21(27)20(26)23-13-16-7-10-25(11-8-16)18-5-3-9-22-15-18/h2-6,9,12,15-16H,7-8,10-11,13-14H2,1H3,(H,23,26)(H,24,27). The van der Waals surface area contributed by atoms with Crippen molar-refractivity contribution in [1.82, 2.24) is 15.6 Å². The molecule has 0 atom stereocenters. The number of pyridine rings is 1. The van der Waals surface area contributed by atoms with Crippen LogP contribution in [0, 0.1) is 5.92 Å². The molecule has 1 aliphatic heterocycles. The quantitative estimate of drug-likeness (QED) is 0.744. The Labute approximate surface area is 165 Å². The molecule has 3 rings (SSSR count). The Hall–Kier alpha value is -3.09. The van der Waals surface area contributed by atoms with Crippen molar-refractivity contribution >= 4 is 17.5 Å². The Kier molecular flexibility index (Phi) is 6.84. The number of amides is 2. The molecule has 0 bridgehead atoms. The summed E-state index contributed by atoms with van der Waals surface area (Å²) < 4.78 is 5.15. The average Bonchev–Trinajstić information content (AvgIpc) is 2.77. The zero-order valence-corrected chi connectivity index (χ0v) is 16.1. The van der Waals surface area contributed by atoms with Gasteiger partial charge >= 0.3 is 11.8 Å². The summed E-state index contributed by atoms with van der Waals surface area (Å²) in [7, 11) is 1.59. The van der Waals surface area contributed by atoms with Crippen LogP contribution in [0.4, 0.5) is 5.69 Å². The van der Waals surface area contributed by atoms with Crippen molar-refractivity contribution in [3.8, 4) is 5.75 Å². The van der Waals surface area contributed by atoms with E-state index in [-0.39, 0.29) is 6.54 Å². The predicted octanol–water partition coefficient (Wildman–Crippen LogP) is 1.74. The van der Waals surface area contributed by atoms with E-state index in [1.807, 2.05) is 36.5 Å². The van der Waals surface area contributed by atoms with Crippen LogP contribution in [0.25, 0.3) is 0 Å². The van der Waals surface area contributed by atoms with Gasteiger partial charge in [-0.25, -0.2) is 0 Å². The fourth-order valence-electron chi connectivity index (χ4n) is 3.30. The van der Waals surface area contributed by atoms with Gasteiger partial charge in [-0.05, 0) is 48.6 Å². The first-order chi connectivity index (χ1) is 13.7. The highest BCUT2D eigenvalue weighted by atomic mass is 16.5. The molecule has 0 unspecified atom stereocenters. The Balaban J connectivity index is 1.37. The van der Waals surface area contributed by atoms with Gasteiger partial charge in [0.25, 0.3) is 0 Å². The SMILES string of the molecule is COc1cccc(CNC(=O)C(=O)NCC2CCN(c3cccnc3)CC2)c1. The minimum absolute atomic E-state index is 0.285. The van der Waals surface area contributed by atoms with Gasteiger partial charge in [0.2, 0.25) is 0 Å². The zero-order valence-electron chi connectivity index (χ0n) is 16.1. The molecule has 1 aromatic heterocycles. The third-order valence-corrected chi connectivity index (χ3v) is 4.97. The summed E-state index contributed by atoms with van der Waals surface area (Å²) in [5, 5.41) is 5.40. The van der Waals surface area contributed by atoms with Gasteiger partial charge in [0, 0.05) is 32.4 Å². The molecule has 148 valence electrons. The lowest BCUT2D eigenvalue weighted by Gasteiger charge is -2.33. The summed E-state index contributed by atoms with van der Waals surface area (Å²) in [6.07, 6.45) is 5.58. The lowest BCUT2D eigenvalue weighted by Crippen LogP contribution is -2.43. The Morgan fingerprint density at radius 3 is 2.64 bits per heavy atom. The van der Waals surface area contributed by atoms with E-state index in [0.717, 1.165) is 37.2 Å². The van der Waals surface area contributed by atoms with Crippen LogP contribution in [0.1, 0.15) is 18.4 Å². The molecule has 0 spiro atoms. The second-order valence-corrected chi connectivity index (χ2v) is 6.89. The number of hydrogen-bond donors (Lipinski definition) is 2. The summed E-state index contributed by atoms with van der Waals surface area (Å²) in [5.41, 5.74) is 2.00. The number of nitrogens with one attached hydrogen (secondary N) is 2. The number of hydrogen-bond acceptors (Lipinski definition) is 5. The van der Waals surface area contributed by atoms with E-state index in [4.69, 9.17) is 4.74 Å². The lowest BCUT2D eigenvalue weighted by atomic mass is 9.96. The number of anilines is 1. The van der Waals surface area contributed by atoms with Gasteiger partial charge in [-0.15, -0.1) is 0 Å². The van der Waals surface area contributed by atoms with Gasteiger partial charge in [-0.1, -0.05) is 12.1 Å². The summed E-state index contributed by atoms with van der Waals surface area (Å²) in [6.45, 7) is 2.65. The molecule has 2 N–H and O–H groups in total. The van der Waals surface area contributed by atoms with Crippen molar-refractivity contribution in [3.05, 3.63) is 54.4 Å². The van der Waals surface area contributed by atoms with Gasteiger partial charge in [-0.2, -0.15) is 0 Å². The van der Waals surface area contributed by atoms with E-state index >= 15 is 0 Å². The first-order valence-electron chi connectivity index (χ1n) is 9.49. The monoisotopic (exact) mass is 382 g/mol. The van der Waals surface area contributed by atoms with Crippen LogP contribution >= 0.6 is 0 Å². The second-order valence-electron chi connectivity index (χ2n) is 6.89. The fraction of sp³-hybridized carbons (Fsp3) is 0.381. The molecule has 0 saturated carbocycles. The molecular formula is C21H26N4O3. The van der Waals surface area contributed by atoms with Gasteiger partial charge < -0.3 is 20.3 Å². The molecule has 7 nitrogen and oxygen atoms in total. The highest BCUT2D eigenvalue weighted by Gasteiger charge is 2.21. The smallest absolute Gasteiger partial charge is 0.309 e. The van der Waals surface area contributed by atoms with E-state index < -0.39 is 11.8 Å². The minimum Gasteiger partial charge on any atom is -0.497 e. The number of carbonyl (C=O) groups excluding carboxylic acids is 2. The number of carbonyl (C=O) groups is 2. The van der Waals surface area contributed by atoms with E-state index in [1.54, 1.807) is 13.3 Å². The van der Waals surface area contributed by atoms with E-state index in [1.165, 1.54) is 0 Å². The maximum absolute atomic E-state index is 12.0. The van der Waals surface area contributed by atoms with Crippen LogP contribution in [-0.4, -0.2) is 43.5 Å². The van der Waals surface area contributed by atoms with Crippen LogP contribution in [0.5, 0.6) is 5.75 Å². The van der Waals surface area contributed by atoms with Crippen molar-refractivity contribution in [2.24, 2.45) is 5.92 Å². The summed E-state index contributed by atoms with van der Waals surface area (Å²) >= 11 is 0. The first kappa shape index (κ1) is 19.7. The summed E-state index contributed by atoms with van der Waals surface area (Å²) in [4.78, 5) is 30.5. The molecule has 0 aliphatic carbocycles. The van der Waals surface area contributed by atoms with Crippen molar-refractivity contribution in [2.45, 2.75) is 19.4 Å². The second kappa shape index (κ2) is 9.73. The number of methoxy groups -OCH3 is 1. The number of piperidine rings is 1. The number of rotatable bonds is 6. The van der Waals surface area contributed by atoms with Gasteiger partial charge in [0.05, 0.1) is 19.0 Å². The Morgan fingerprint density at radius 2 is 1.93 bits per heavy atom. The van der Waals surface area contributed by atoms with Crippen LogP contribution < -0.4 is 20.3 Å². The Bertz CT molecular complexity index is 789. The topological polar surface area (TPSA) is 83.6 Å². The normalized spacial score (nSPS) is 14.4. The first-order valence-corrected chi connectivity index (χ1v) is 9.49. The molecule has 0 radical (unpaired) electrons. The van der Waals surface area contributed by atoms with Crippen LogP contribution in [-0.2, 0) is 16.1 Å². The third kappa shape index (κ3) is 5.45. The number of ether oxygens (including phenoxy) is 1. The minimum atomic E-state index is -0.615. The van der Waals surface area contributed by atoms with E-state index in [0.29, 0.717) is 18.2 Å². The maximum Gasteiger partial charge on any atom is 0.309 e. The van der Waals surface area contributed by atoms with E-state index in [9.17, 15) is 9.59 Å². The molecule has 1 fully saturated rings. The molecule has 2 amide bonds. The van der Waals surface area contributed by atoms with E-state index in [2.05, 4.69) is 26.6 Å². The van der Waals surface area contributed by atoms with Gasteiger partial charge in [-0.3, -0.25) is 14.6 Å². The zero-order chi connectivity index (χ0) is 19.8. The highest BCUT2D eigenvalue weighted by molar-refractivity contribution is 6.35. The molecule has 1 saturated heterocycles. The highest BCUT2D eigenvalue weighted by Crippen LogP contribution is 2.21. The molecule has 2 aromatic rings. The molecule has 7 heteroatoms.